The molecule has 0 heterocycles. The van der Waals surface area contributed by atoms with Crippen molar-refractivity contribution in [1.29, 1.82) is 0 Å². The number of rotatable bonds is 3. The summed E-state index contributed by atoms with van der Waals surface area (Å²) >= 11 is 0. The number of hydrogen-bond donors (Lipinski definition) is 0. The molecule has 1 aromatic rings. The minimum atomic E-state index is -4.84. The van der Waals surface area contributed by atoms with Gasteiger partial charge in [0, 0.05) is 0 Å². The van der Waals surface area contributed by atoms with Gasteiger partial charge in [-0.15, -0.1) is 5.98 Å². The molecule has 0 aliphatic carbocycles. The summed E-state index contributed by atoms with van der Waals surface area (Å²) in [4.78, 5) is 0. The smallest absolute Gasteiger partial charge is 0.445 e. The van der Waals surface area contributed by atoms with E-state index in [1.165, 1.54) is 0 Å². The number of benzene rings is 1. The van der Waals surface area contributed by atoms with Gasteiger partial charge in [0.05, 0.1) is 0 Å². The molecule has 0 nitrogen and oxygen atoms in total. The first kappa shape index (κ1) is 16.5. The Morgan fingerprint density at radius 2 is 1.81 bits per heavy atom. The number of halogens is 3. The van der Waals surface area contributed by atoms with Gasteiger partial charge in [0.2, 0.25) is 0 Å². The van der Waals surface area contributed by atoms with Crippen molar-refractivity contribution >= 4 is 13.1 Å². The summed E-state index contributed by atoms with van der Waals surface area (Å²) in [6, 6.07) is 7.15. The van der Waals surface area contributed by atoms with Crippen LogP contribution in [0.4, 0.5) is 12.9 Å². The Balaban J connectivity index is 0.00000225. The summed E-state index contributed by atoms with van der Waals surface area (Å²) in [7, 11) is 0. The molecule has 0 spiro atoms. The van der Waals surface area contributed by atoms with Crippen molar-refractivity contribution in [3.05, 3.63) is 41.4 Å². The molecule has 0 saturated heterocycles. The maximum Gasteiger partial charge on any atom is 1.00 e. The molecule has 0 aliphatic heterocycles. The molecule has 0 aliphatic rings. The molecule has 0 unspecified atom stereocenters. The van der Waals surface area contributed by atoms with Crippen LogP contribution in [0, 0.1) is 0 Å². The Morgan fingerprint density at radius 1 is 1.19 bits per heavy atom. The van der Waals surface area contributed by atoms with Crippen molar-refractivity contribution in [2.24, 2.45) is 0 Å². The number of hydrogen-bond acceptors (Lipinski definition) is 0. The van der Waals surface area contributed by atoms with Gasteiger partial charge in [-0.3, -0.25) is 0 Å². The molecular weight excluding hydrogens is 239 g/mol. The van der Waals surface area contributed by atoms with Crippen molar-refractivity contribution < 1.29 is 64.3 Å². The molecular formula is C11H13BF3K. The molecule has 0 saturated carbocycles. The summed E-state index contributed by atoms with van der Waals surface area (Å²) in [5.41, 5.74) is 1.65. The summed E-state index contributed by atoms with van der Waals surface area (Å²) in [6.45, 7) is -0.817. The molecule has 0 fully saturated rings. The van der Waals surface area contributed by atoms with Crippen LogP contribution in [0.1, 0.15) is 30.9 Å². The Kier molecular flexibility index (Phi) is 7.21. The second-order valence-electron chi connectivity index (χ2n) is 3.81. The van der Waals surface area contributed by atoms with Crippen LogP contribution in [-0.4, -0.2) is 6.98 Å². The average molecular weight is 252 g/mol. The summed E-state index contributed by atoms with van der Waals surface area (Å²) < 4.78 is 35.9. The van der Waals surface area contributed by atoms with E-state index in [1.54, 1.807) is 18.2 Å². The minimum absolute atomic E-state index is 0. The quantitative estimate of drug-likeness (QED) is 0.709. The maximum absolute atomic E-state index is 12.0. The fourth-order valence-electron chi connectivity index (χ4n) is 1.24. The van der Waals surface area contributed by atoms with Crippen LogP contribution in [-0.2, 0) is 0 Å². The largest absolute Gasteiger partial charge is 1.00 e. The molecule has 0 atom stereocenters. The molecule has 1 aromatic carbocycles. The van der Waals surface area contributed by atoms with E-state index in [4.69, 9.17) is 0 Å². The van der Waals surface area contributed by atoms with Crippen LogP contribution in [0.2, 0.25) is 0 Å². The Bertz CT molecular complexity index is 358. The second-order valence-corrected chi connectivity index (χ2v) is 3.81. The van der Waals surface area contributed by atoms with Gasteiger partial charge in [-0.2, -0.15) is 0 Å². The Labute approximate surface area is 137 Å². The van der Waals surface area contributed by atoms with Gasteiger partial charge in [-0.1, -0.05) is 44.2 Å². The van der Waals surface area contributed by atoms with E-state index in [2.05, 4.69) is 0 Å². The molecule has 0 radical (unpaired) electrons. The van der Waals surface area contributed by atoms with E-state index in [1.807, 2.05) is 19.9 Å². The standard InChI is InChI=1S/C11H13BF3.K/c1-9(2)11-5-3-4-10(8-11)6-7-12(13,14)15;/h3-9H,1-2H3;/q-1;+1. The first-order chi connectivity index (χ1) is 6.88. The van der Waals surface area contributed by atoms with Crippen LogP contribution in [0.25, 0.3) is 6.08 Å². The zero-order valence-electron chi connectivity index (χ0n) is 9.75. The van der Waals surface area contributed by atoms with Crippen molar-refractivity contribution in [1.82, 2.24) is 0 Å². The molecule has 5 heteroatoms. The third-order valence-electron chi connectivity index (χ3n) is 2.08. The zero-order chi connectivity index (χ0) is 11.5. The first-order valence-corrected chi connectivity index (χ1v) is 4.87. The van der Waals surface area contributed by atoms with Crippen LogP contribution in [0.3, 0.4) is 0 Å². The molecule has 16 heavy (non-hydrogen) atoms. The summed E-state index contributed by atoms with van der Waals surface area (Å²) in [5, 5.41) is 0. The van der Waals surface area contributed by atoms with E-state index in [0.717, 1.165) is 11.6 Å². The van der Waals surface area contributed by atoms with Gasteiger partial charge in [-0.25, -0.2) is 0 Å². The molecule has 82 valence electrons. The molecule has 0 aromatic heterocycles. The van der Waals surface area contributed by atoms with Crippen molar-refractivity contribution in [3.63, 3.8) is 0 Å². The molecule has 1 rings (SSSR count). The van der Waals surface area contributed by atoms with Crippen LogP contribution in [0.15, 0.2) is 30.2 Å². The Hall–Kier alpha value is 0.451. The first-order valence-electron chi connectivity index (χ1n) is 4.87. The SMILES string of the molecule is CC(C)c1cccc(C=C[B-](F)(F)F)c1.[K+]. The summed E-state index contributed by atoms with van der Waals surface area (Å²) in [6.07, 6.45) is 1.12. The van der Waals surface area contributed by atoms with Gasteiger partial charge in [-0.05, 0) is 17.0 Å². The van der Waals surface area contributed by atoms with Crippen molar-refractivity contribution in [2.75, 3.05) is 0 Å². The van der Waals surface area contributed by atoms with E-state index in [-0.39, 0.29) is 51.4 Å². The van der Waals surface area contributed by atoms with Crippen molar-refractivity contribution in [2.45, 2.75) is 19.8 Å². The summed E-state index contributed by atoms with van der Waals surface area (Å²) in [5.74, 6) is 0.647. The van der Waals surface area contributed by atoms with Gasteiger partial charge in [0.15, 0.2) is 0 Å². The normalized spacial score (nSPS) is 11.9. The fourth-order valence-corrected chi connectivity index (χ4v) is 1.24. The van der Waals surface area contributed by atoms with E-state index >= 15 is 0 Å². The molecule has 0 amide bonds. The predicted molar refractivity (Wildman–Crippen MR) is 58.6 cm³/mol. The third-order valence-corrected chi connectivity index (χ3v) is 2.08. The van der Waals surface area contributed by atoms with E-state index in [0.29, 0.717) is 17.5 Å². The molecule has 0 bridgehead atoms. The predicted octanol–water partition coefficient (Wildman–Crippen LogP) is 1.21. The van der Waals surface area contributed by atoms with Crippen LogP contribution >= 0.6 is 0 Å². The topological polar surface area (TPSA) is 0 Å². The maximum atomic E-state index is 12.0. The van der Waals surface area contributed by atoms with E-state index < -0.39 is 6.98 Å². The second kappa shape index (κ2) is 7.01. The third kappa shape index (κ3) is 6.25. The van der Waals surface area contributed by atoms with Gasteiger partial charge >= 0.3 is 58.4 Å². The van der Waals surface area contributed by atoms with Crippen molar-refractivity contribution in [3.8, 4) is 0 Å². The average Bonchev–Trinajstić information content (AvgIpc) is 2.14. The molecule has 0 N–H and O–H groups in total. The monoisotopic (exact) mass is 252 g/mol. The zero-order valence-corrected chi connectivity index (χ0v) is 12.9. The van der Waals surface area contributed by atoms with E-state index in [9.17, 15) is 12.9 Å². The Morgan fingerprint density at radius 3 is 2.31 bits per heavy atom. The fraction of sp³-hybridized carbons (Fsp3) is 0.273. The van der Waals surface area contributed by atoms with Gasteiger partial charge < -0.3 is 12.9 Å². The van der Waals surface area contributed by atoms with Gasteiger partial charge in [0.1, 0.15) is 0 Å². The minimum Gasteiger partial charge on any atom is -0.445 e. The van der Waals surface area contributed by atoms with Crippen LogP contribution in [0.5, 0.6) is 0 Å². The van der Waals surface area contributed by atoms with Crippen LogP contribution < -0.4 is 51.4 Å². The van der Waals surface area contributed by atoms with Gasteiger partial charge in [0.25, 0.3) is 0 Å².